The quantitative estimate of drug-likeness (QED) is 0.350. The van der Waals surface area contributed by atoms with Gasteiger partial charge in [-0.05, 0) is 85.3 Å². The molecule has 190 valence electrons. The largest absolute Gasteiger partial charge is 0.497 e. The van der Waals surface area contributed by atoms with Crippen LogP contribution in [0.25, 0.3) is 0 Å². The molecule has 8 heteroatoms. The van der Waals surface area contributed by atoms with E-state index < -0.39 is 0 Å². The number of carbonyl (C=O) groups excluding carboxylic acids is 2. The van der Waals surface area contributed by atoms with E-state index in [0.717, 1.165) is 18.4 Å². The first-order valence-corrected chi connectivity index (χ1v) is 13.4. The van der Waals surface area contributed by atoms with Crippen LogP contribution in [0.4, 0.5) is 0 Å². The summed E-state index contributed by atoms with van der Waals surface area (Å²) < 4.78 is 11.3. The average molecular weight is 527 g/mol. The van der Waals surface area contributed by atoms with Crippen LogP contribution < -0.4 is 9.47 Å². The molecule has 1 aliphatic rings. The highest BCUT2D eigenvalue weighted by Crippen LogP contribution is 2.34. The molecule has 1 aromatic heterocycles. The average Bonchev–Trinajstić information content (AvgIpc) is 3.39. The van der Waals surface area contributed by atoms with Crippen molar-refractivity contribution in [3.63, 3.8) is 0 Å². The van der Waals surface area contributed by atoms with Crippen molar-refractivity contribution in [3.05, 3.63) is 81.0 Å². The molecule has 2 amide bonds. The van der Waals surface area contributed by atoms with Gasteiger partial charge in [-0.15, -0.1) is 11.3 Å². The second kappa shape index (κ2) is 11.8. The predicted octanol–water partition coefficient (Wildman–Crippen LogP) is 5.86. The third kappa shape index (κ3) is 5.85. The molecule has 0 saturated carbocycles. The van der Waals surface area contributed by atoms with Gasteiger partial charge >= 0.3 is 0 Å². The van der Waals surface area contributed by atoms with Crippen LogP contribution in [0.1, 0.15) is 47.1 Å². The lowest BCUT2D eigenvalue weighted by Crippen LogP contribution is -2.49. The van der Waals surface area contributed by atoms with Crippen LogP contribution in [0.15, 0.2) is 60.0 Å². The van der Waals surface area contributed by atoms with Crippen molar-refractivity contribution in [1.29, 1.82) is 0 Å². The molecule has 0 N–H and O–H groups in total. The molecule has 0 radical (unpaired) electrons. The van der Waals surface area contributed by atoms with Crippen LogP contribution in [0.5, 0.6) is 11.5 Å². The van der Waals surface area contributed by atoms with Crippen molar-refractivity contribution < 1.29 is 19.1 Å². The van der Waals surface area contributed by atoms with E-state index in [0.29, 0.717) is 35.2 Å². The number of methoxy groups -OCH3 is 1. The van der Waals surface area contributed by atoms with E-state index in [1.807, 2.05) is 30.9 Å². The van der Waals surface area contributed by atoms with Crippen molar-refractivity contribution in [2.75, 3.05) is 26.8 Å². The number of nitrogens with zero attached hydrogens (tertiary/aromatic N) is 2. The lowest BCUT2D eigenvalue weighted by Gasteiger charge is -2.38. The first kappa shape index (κ1) is 26.0. The van der Waals surface area contributed by atoms with Gasteiger partial charge in [0.2, 0.25) is 5.91 Å². The Balaban J connectivity index is 1.53. The van der Waals surface area contributed by atoms with Gasteiger partial charge in [0.25, 0.3) is 5.91 Å². The number of fused-ring (bicyclic) bond motifs is 1. The molecule has 1 aliphatic heterocycles. The van der Waals surface area contributed by atoms with Crippen molar-refractivity contribution in [2.24, 2.45) is 0 Å². The maximum absolute atomic E-state index is 13.7. The number of amides is 2. The van der Waals surface area contributed by atoms with Crippen LogP contribution >= 0.6 is 22.9 Å². The van der Waals surface area contributed by atoms with Gasteiger partial charge in [0, 0.05) is 28.0 Å². The summed E-state index contributed by atoms with van der Waals surface area (Å²) in [6.45, 7) is 4.92. The fourth-order valence-corrected chi connectivity index (χ4v) is 5.42. The predicted molar refractivity (Wildman–Crippen MR) is 143 cm³/mol. The standard InChI is InChI=1S/C28H31ClN2O4S/c1-4-19(2)31(28(33)20-5-9-22(34-3)10-6-20)17-27(32)30-15-13-26-24(14-16-36-26)25(30)18-35-23-11-7-21(29)8-12-23/h5-12,14,16,19,25H,4,13,15,17-18H2,1-3H3/t19-,25-/m1/s1. The van der Waals surface area contributed by atoms with E-state index in [1.165, 1.54) is 4.88 Å². The number of hydrogen-bond acceptors (Lipinski definition) is 5. The molecule has 0 aliphatic carbocycles. The zero-order valence-corrected chi connectivity index (χ0v) is 22.3. The molecule has 6 nitrogen and oxygen atoms in total. The Hall–Kier alpha value is -3.03. The minimum atomic E-state index is -0.224. The van der Waals surface area contributed by atoms with Crippen molar-refractivity contribution >= 4 is 34.8 Å². The fourth-order valence-electron chi connectivity index (χ4n) is 4.36. The molecule has 2 aromatic carbocycles. The van der Waals surface area contributed by atoms with Crippen LogP contribution in [0, 0.1) is 0 Å². The molecule has 0 saturated heterocycles. The van der Waals surface area contributed by atoms with E-state index >= 15 is 0 Å². The van der Waals surface area contributed by atoms with Crippen molar-refractivity contribution in [1.82, 2.24) is 9.80 Å². The van der Waals surface area contributed by atoms with Gasteiger partial charge in [-0.1, -0.05) is 18.5 Å². The monoisotopic (exact) mass is 526 g/mol. The molecule has 2 atom stereocenters. The third-order valence-electron chi connectivity index (χ3n) is 6.66. The Morgan fingerprint density at radius 2 is 1.81 bits per heavy atom. The second-order valence-corrected chi connectivity index (χ2v) is 10.3. The number of rotatable bonds is 9. The van der Waals surface area contributed by atoms with Crippen LogP contribution in [0.3, 0.4) is 0 Å². The van der Waals surface area contributed by atoms with Crippen molar-refractivity contribution in [2.45, 2.75) is 38.8 Å². The number of benzene rings is 2. The molecule has 4 rings (SSSR count). The SMILES string of the molecule is CC[C@@H](C)N(CC(=O)N1CCc2sccc2[C@H]1COc1ccc(Cl)cc1)C(=O)c1ccc(OC)cc1. The molecule has 2 heterocycles. The highest BCUT2D eigenvalue weighted by molar-refractivity contribution is 7.10. The van der Waals surface area contributed by atoms with E-state index in [2.05, 4.69) is 11.4 Å². The first-order valence-electron chi connectivity index (χ1n) is 12.1. The second-order valence-electron chi connectivity index (χ2n) is 8.84. The van der Waals surface area contributed by atoms with E-state index in [1.54, 1.807) is 59.7 Å². The maximum atomic E-state index is 13.7. The van der Waals surface area contributed by atoms with E-state index in [9.17, 15) is 9.59 Å². The van der Waals surface area contributed by atoms with Crippen LogP contribution in [0.2, 0.25) is 5.02 Å². The molecule has 36 heavy (non-hydrogen) atoms. The Bertz CT molecular complexity index is 1180. The molecule has 0 fully saturated rings. The lowest BCUT2D eigenvalue weighted by atomic mass is 10.00. The maximum Gasteiger partial charge on any atom is 0.254 e. The summed E-state index contributed by atoms with van der Waals surface area (Å²) >= 11 is 7.71. The van der Waals surface area contributed by atoms with E-state index in [-0.39, 0.29) is 30.4 Å². The summed E-state index contributed by atoms with van der Waals surface area (Å²) in [6, 6.07) is 16.0. The Morgan fingerprint density at radius 1 is 1.11 bits per heavy atom. The van der Waals surface area contributed by atoms with Gasteiger partial charge in [0.05, 0.1) is 13.2 Å². The molecular formula is C28H31ClN2O4S. The van der Waals surface area contributed by atoms with Crippen LogP contribution in [-0.4, -0.2) is 54.5 Å². The number of carbonyl (C=O) groups is 2. The Morgan fingerprint density at radius 3 is 2.47 bits per heavy atom. The van der Waals surface area contributed by atoms with Gasteiger partial charge in [-0.25, -0.2) is 0 Å². The third-order valence-corrected chi connectivity index (χ3v) is 7.91. The summed E-state index contributed by atoms with van der Waals surface area (Å²) in [4.78, 5) is 31.9. The minimum absolute atomic E-state index is 0.0107. The lowest BCUT2D eigenvalue weighted by molar-refractivity contribution is -0.136. The number of ether oxygens (including phenoxy) is 2. The summed E-state index contributed by atoms with van der Waals surface area (Å²) in [6.07, 6.45) is 1.54. The van der Waals surface area contributed by atoms with Gasteiger partial charge in [-0.3, -0.25) is 9.59 Å². The smallest absolute Gasteiger partial charge is 0.254 e. The normalized spacial score (nSPS) is 15.7. The zero-order valence-electron chi connectivity index (χ0n) is 20.8. The fraction of sp³-hybridized carbons (Fsp3) is 0.357. The first-order chi connectivity index (χ1) is 17.4. The van der Waals surface area contributed by atoms with Gasteiger partial charge < -0.3 is 19.3 Å². The Kier molecular flexibility index (Phi) is 8.54. The summed E-state index contributed by atoms with van der Waals surface area (Å²) in [7, 11) is 1.59. The highest BCUT2D eigenvalue weighted by Gasteiger charge is 2.34. The van der Waals surface area contributed by atoms with Gasteiger partial charge in [0.15, 0.2) is 0 Å². The highest BCUT2D eigenvalue weighted by atomic mass is 35.5. The summed E-state index contributed by atoms with van der Waals surface area (Å²) in [5.74, 6) is 1.13. The number of halogens is 1. The topological polar surface area (TPSA) is 59.1 Å². The van der Waals surface area contributed by atoms with Crippen LogP contribution in [-0.2, 0) is 11.2 Å². The Labute approximate surface area is 221 Å². The number of hydrogen-bond donors (Lipinski definition) is 0. The van der Waals surface area contributed by atoms with Crippen molar-refractivity contribution in [3.8, 4) is 11.5 Å². The molecular weight excluding hydrogens is 496 g/mol. The molecule has 3 aromatic rings. The number of thiophene rings is 1. The summed E-state index contributed by atoms with van der Waals surface area (Å²) in [5.41, 5.74) is 1.65. The summed E-state index contributed by atoms with van der Waals surface area (Å²) in [5, 5.41) is 2.70. The minimum Gasteiger partial charge on any atom is -0.497 e. The van der Waals surface area contributed by atoms with E-state index in [4.69, 9.17) is 21.1 Å². The molecule has 0 spiro atoms. The molecule has 0 unspecified atom stereocenters. The van der Waals surface area contributed by atoms with Gasteiger partial charge in [-0.2, -0.15) is 0 Å². The zero-order chi connectivity index (χ0) is 25.7. The molecule has 0 bridgehead atoms. The van der Waals surface area contributed by atoms with Gasteiger partial charge in [0.1, 0.15) is 24.7 Å².